The number of hydrogen-bond donors (Lipinski definition) is 1. The molecule has 3 heterocycles. The minimum absolute atomic E-state index is 0.173. The summed E-state index contributed by atoms with van der Waals surface area (Å²) in [6.45, 7) is 1.52. The molecule has 1 N–H and O–H groups in total. The molecule has 25 heavy (non-hydrogen) atoms. The zero-order valence-corrected chi connectivity index (χ0v) is 13.9. The number of nitrogens with zero attached hydrogens (tertiary/aromatic N) is 3. The van der Waals surface area contributed by atoms with Gasteiger partial charge in [-0.1, -0.05) is 18.2 Å². The van der Waals surface area contributed by atoms with Crippen LogP contribution in [0, 0.1) is 5.92 Å². The predicted octanol–water partition coefficient (Wildman–Crippen LogP) is 2.87. The second-order valence-electron chi connectivity index (χ2n) is 7.11. The van der Waals surface area contributed by atoms with Crippen LogP contribution in [-0.4, -0.2) is 39.1 Å². The molecule has 6 nitrogen and oxygen atoms in total. The molecular weight excluding hydrogens is 316 g/mol. The predicted molar refractivity (Wildman–Crippen MR) is 92.1 cm³/mol. The minimum Gasteiger partial charge on any atom is -0.425 e. The van der Waals surface area contributed by atoms with Gasteiger partial charge in [0, 0.05) is 36.1 Å². The molecule has 2 fully saturated rings. The summed E-state index contributed by atoms with van der Waals surface area (Å²) in [5, 5.41) is 9.66. The van der Waals surface area contributed by atoms with Gasteiger partial charge in [-0.15, -0.1) is 10.2 Å². The maximum absolute atomic E-state index is 12.2. The number of carbonyl (C=O) groups is 1. The van der Waals surface area contributed by atoms with Crippen LogP contribution in [0.25, 0.3) is 10.9 Å². The van der Waals surface area contributed by atoms with Crippen molar-refractivity contribution in [2.75, 3.05) is 13.1 Å². The van der Waals surface area contributed by atoms with Gasteiger partial charge in [-0.05, 0) is 30.9 Å². The lowest BCUT2D eigenvalue weighted by molar-refractivity contribution is -0.131. The van der Waals surface area contributed by atoms with Crippen molar-refractivity contribution < 1.29 is 9.21 Å². The number of likely N-dealkylation sites (tertiary alicyclic amines) is 1. The Labute approximate surface area is 145 Å². The summed E-state index contributed by atoms with van der Waals surface area (Å²) in [6, 6.07) is 8.20. The number of amides is 1. The van der Waals surface area contributed by atoms with Gasteiger partial charge < -0.3 is 14.3 Å². The van der Waals surface area contributed by atoms with Crippen LogP contribution in [0.3, 0.4) is 0 Å². The standard InChI is InChI=1S/C19H20N4O2/c24-19(12-5-6-12)23-8-7-13(11-23)18-22-21-17(25-18)9-14-10-20-16-4-2-1-3-15(14)16/h1-4,10,12-13,20H,5-9,11H2. The van der Waals surface area contributed by atoms with Crippen LogP contribution >= 0.6 is 0 Å². The molecular formula is C19H20N4O2. The third-order valence-electron chi connectivity index (χ3n) is 5.27. The first-order valence-corrected chi connectivity index (χ1v) is 8.94. The number of aromatic amines is 1. The average Bonchev–Trinajstić information content (AvgIpc) is 3.04. The molecule has 6 heteroatoms. The van der Waals surface area contributed by atoms with Crippen molar-refractivity contribution in [1.29, 1.82) is 0 Å². The molecule has 5 rings (SSSR count). The van der Waals surface area contributed by atoms with E-state index in [1.165, 1.54) is 5.39 Å². The number of para-hydroxylation sites is 1. The van der Waals surface area contributed by atoms with E-state index in [9.17, 15) is 4.79 Å². The number of H-pyrrole nitrogens is 1. The smallest absolute Gasteiger partial charge is 0.225 e. The monoisotopic (exact) mass is 336 g/mol. The highest BCUT2D eigenvalue weighted by atomic mass is 16.4. The van der Waals surface area contributed by atoms with Crippen LogP contribution in [-0.2, 0) is 11.2 Å². The van der Waals surface area contributed by atoms with Crippen molar-refractivity contribution in [2.24, 2.45) is 5.92 Å². The number of nitrogens with one attached hydrogen (secondary N) is 1. The lowest BCUT2D eigenvalue weighted by Crippen LogP contribution is -2.29. The highest BCUT2D eigenvalue weighted by Gasteiger charge is 2.38. The number of fused-ring (bicyclic) bond motifs is 1. The van der Waals surface area contributed by atoms with Gasteiger partial charge in [-0.25, -0.2) is 0 Å². The first-order valence-electron chi connectivity index (χ1n) is 8.94. The highest BCUT2D eigenvalue weighted by Crippen LogP contribution is 2.35. The molecule has 1 unspecified atom stereocenters. The molecule has 3 aromatic rings. The molecule has 1 aliphatic carbocycles. The maximum Gasteiger partial charge on any atom is 0.225 e. The summed E-state index contributed by atoms with van der Waals surface area (Å²) < 4.78 is 5.92. The fraction of sp³-hybridized carbons (Fsp3) is 0.421. The van der Waals surface area contributed by atoms with Gasteiger partial charge in [-0.2, -0.15) is 0 Å². The molecule has 1 saturated carbocycles. The van der Waals surface area contributed by atoms with Crippen LogP contribution in [0.5, 0.6) is 0 Å². The molecule has 1 aliphatic heterocycles. The van der Waals surface area contributed by atoms with Crippen LogP contribution in [0.2, 0.25) is 0 Å². The van der Waals surface area contributed by atoms with Crippen molar-refractivity contribution in [1.82, 2.24) is 20.1 Å². The Kier molecular flexibility index (Phi) is 3.36. The summed E-state index contributed by atoms with van der Waals surface area (Å²) in [7, 11) is 0. The van der Waals surface area contributed by atoms with Gasteiger partial charge >= 0.3 is 0 Å². The Balaban J connectivity index is 1.30. The number of benzene rings is 1. The SMILES string of the molecule is O=C(C1CC1)N1CCC(c2nnc(Cc3c[nH]c4ccccc34)o2)C1. The molecule has 2 aromatic heterocycles. The second-order valence-corrected chi connectivity index (χ2v) is 7.11. The van der Waals surface area contributed by atoms with Crippen LogP contribution in [0.4, 0.5) is 0 Å². The third kappa shape index (κ3) is 2.71. The van der Waals surface area contributed by atoms with E-state index in [1.54, 1.807) is 0 Å². The number of hydrogen-bond acceptors (Lipinski definition) is 4. The lowest BCUT2D eigenvalue weighted by atomic mass is 10.1. The van der Waals surface area contributed by atoms with E-state index in [0.717, 1.165) is 36.9 Å². The highest BCUT2D eigenvalue weighted by molar-refractivity contribution is 5.83. The molecule has 1 amide bonds. The average molecular weight is 336 g/mol. The minimum atomic E-state index is 0.173. The van der Waals surface area contributed by atoms with Gasteiger partial charge in [-0.3, -0.25) is 4.79 Å². The summed E-state index contributed by atoms with van der Waals surface area (Å²) in [5.74, 6) is 2.06. The summed E-state index contributed by atoms with van der Waals surface area (Å²) in [4.78, 5) is 17.4. The fourth-order valence-electron chi connectivity index (χ4n) is 3.69. The van der Waals surface area contributed by atoms with Gasteiger partial charge in [0.2, 0.25) is 17.7 Å². The first kappa shape index (κ1) is 14.7. The van der Waals surface area contributed by atoms with Crippen LogP contribution in [0.1, 0.15) is 42.5 Å². The van der Waals surface area contributed by atoms with Gasteiger partial charge in [0.1, 0.15) is 0 Å². The molecule has 1 saturated heterocycles. The van der Waals surface area contributed by atoms with Crippen molar-refractivity contribution in [3.05, 3.63) is 47.8 Å². The maximum atomic E-state index is 12.2. The van der Waals surface area contributed by atoms with E-state index >= 15 is 0 Å². The van der Waals surface area contributed by atoms with Crippen molar-refractivity contribution in [3.8, 4) is 0 Å². The third-order valence-corrected chi connectivity index (χ3v) is 5.27. The van der Waals surface area contributed by atoms with Crippen LogP contribution < -0.4 is 0 Å². The summed E-state index contributed by atoms with van der Waals surface area (Å²) in [5.41, 5.74) is 2.27. The zero-order valence-electron chi connectivity index (χ0n) is 13.9. The van der Waals surface area contributed by atoms with Crippen molar-refractivity contribution in [3.63, 3.8) is 0 Å². The summed E-state index contributed by atoms with van der Waals surface area (Å²) in [6.07, 6.45) is 5.63. The Morgan fingerprint density at radius 3 is 3.00 bits per heavy atom. The largest absolute Gasteiger partial charge is 0.425 e. The molecule has 0 bridgehead atoms. The van der Waals surface area contributed by atoms with E-state index in [4.69, 9.17) is 4.42 Å². The Bertz CT molecular complexity index is 924. The lowest BCUT2D eigenvalue weighted by Gasteiger charge is -2.14. The first-order chi connectivity index (χ1) is 12.3. The van der Waals surface area contributed by atoms with E-state index in [2.05, 4.69) is 27.3 Å². The van der Waals surface area contributed by atoms with Gasteiger partial charge in [0.15, 0.2) is 0 Å². The number of rotatable bonds is 4. The molecule has 0 spiro atoms. The normalized spacial score (nSPS) is 20.5. The number of aromatic nitrogens is 3. The molecule has 1 atom stereocenters. The van der Waals surface area contributed by atoms with E-state index < -0.39 is 0 Å². The van der Waals surface area contributed by atoms with E-state index in [1.807, 2.05) is 23.2 Å². The Hall–Kier alpha value is -2.63. The van der Waals surface area contributed by atoms with E-state index in [0.29, 0.717) is 30.7 Å². The molecule has 2 aliphatic rings. The van der Waals surface area contributed by atoms with Crippen LogP contribution in [0.15, 0.2) is 34.9 Å². The number of carbonyl (C=O) groups excluding carboxylic acids is 1. The van der Waals surface area contributed by atoms with E-state index in [-0.39, 0.29) is 11.8 Å². The van der Waals surface area contributed by atoms with Gasteiger partial charge in [0.05, 0.1) is 12.3 Å². The Morgan fingerprint density at radius 1 is 1.24 bits per heavy atom. The summed E-state index contributed by atoms with van der Waals surface area (Å²) >= 11 is 0. The molecule has 128 valence electrons. The molecule has 1 aromatic carbocycles. The topological polar surface area (TPSA) is 75.0 Å². The zero-order chi connectivity index (χ0) is 16.8. The van der Waals surface area contributed by atoms with Crippen molar-refractivity contribution in [2.45, 2.75) is 31.6 Å². The van der Waals surface area contributed by atoms with Crippen molar-refractivity contribution >= 4 is 16.8 Å². The fourth-order valence-corrected chi connectivity index (χ4v) is 3.69. The quantitative estimate of drug-likeness (QED) is 0.795. The Morgan fingerprint density at radius 2 is 2.12 bits per heavy atom. The molecule has 0 radical (unpaired) electrons. The van der Waals surface area contributed by atoms with Gasteiger partial charge in [0.25, 0.3) is 0 Å². The second kappa shape index (κ2) is 5.72.